The van der Waals surface area contributed by atoms with E-state index in [2.05, 4.69) is 10.6 Å². The van der Waals surface area contributed by atoms with Gasteiger partial charge in [0.15, 0.2) is 5.43 Å². The summed E-state index contributed by atoms with van der Waals surface area (Å²) in [6, 6.07) is 15.1. The molecule has 0 aliphatic carbocycles. The number of halogens is 1. The Labute approximate surface area is 157 Å². The number of pyridine rings is 1. The molecule has 1 aromatic heterocycles. The third-order valence-corrected chi connectivity index (χ3v) is 4.84. The SMILES string of the molecule is Cl.O=C(Cn1c2ccccc2c(=O)c2ccccc21)NC1CCCNC1. The summed E-state index contributed by atoms with van der Waals surface area (Å²) in [7, 11) is 0. The highest BCUT2D eigenvalue weighted by atomic mass is 35.5. The molecule has 0 bridgehead atoms. The zero-order valence-corrected chi connectivity index (χ0v) is 15.2. The number of benzene rings is 2. The number of nitrogens with one attached hydrogen (secondary N) is 2. The Balaban J connectivity index is 0.00000196. The summed E-state index contributed by atoms with van der Waals surface area (Å²) in [5.74, 6) is -0.0207. The highest BCUT2D eigenvalue weighted by molar-refractivity contribution is 5.94. The highest BCUT2D eigenvalue weighted by Gasteiger charge is 2.17. The summed E-state index contributed by atoms with van der Waals surface area (Å²) in [4.78, 5) is 25.3. The van der Waals surface area contributed by atoms with Crippen molar-refractivity contribution in [2.75, 3.05) is 13.1 Å². The predicted molar refractivity (Wildman–Crippen MR) is 107 cm³/mol. The second-order valence-corrected chi connectivity index (χ2v) is 6.56. The topological polar surface area (TPSA) is 63.1 Å². The number of carbonyl (C=O) groups excluding carboxylic acids is 1. The Morgan fingerprint density at radius 3 is 2.27 bits per heavy atom. The first-order valence-corrected chi connectivity index (χ1v) is 8.74. The number of amides is 1. The second kappa shape index (κ2) is 7.89. The summed E-state index contributed by atoms with van der Waals surface area (Å²) in [6.07, 6.45) is 2.08. The van der Waals surface area contributed by atoms with E-state index in [0.29, 0.717) is 10.8 Å². The molecule has 1 atom stereocenters. The Hall–Kier alpha value is -2.37. The molecule has 2 N–H and O–H groups in total. The van der Waals surface area contributed by atoms with E-state index in [0.717, 1.165) is 37.0 Å². The van der Waals surface area contributed by atoms with Crippen LogP contribution in [0.25, 0.3) is 21.8 Å². The van der Waals surface area contributed by atoms with Gasteiger partial charge in [-0.25, -0.2) is 0 Å². The highest BCUT2D eigenvalue weighted by Crippen LogP contribution is 2.19. The molecule has 1 aliphatic rings. The molecule has 1 amide bonds. The van der Waals surface area contributed by atoms with Crippen LogP contribution in [0, 0.1) is 0 Å². The minimum absolute atomic E-state index is 0. The number of hydrogen-bond donors (Lipinski definition) is 2. The first kappa shape index (κ1) is 18.4. The van der Waals surface area contributed by atoms with E-state index >= 15 is 0 Å². The number of piperidine rings is 1. The van der Waals surface area contributed by atoms with E-state index in [9.17, 15) is 9.59 Å². The predicted octanol–water partition coefficient (Wildman–Crippen LogP) is 2.44. The van der Waals surface area contributed by atoms with Crippen molar-refractivity contribution in [2.45, 2.75) is 25.4 Å². The van der Waals surface area contributed by atoms with Crippen LogP contribution in [0.3, 0.4) is 0 Å². The minimum atomic E-state index is -0.0207. The number of rotatable bonds is 3. The first-order chi connectivity index (χ1) is 12.2. The molecule has 4 rings (SSSR count). The fourth-order valence-electron chi connectivity index (χ4n) is 3.64. The summed E-state index contributed by atoms with van der Waals surface area (Å²) < 4.78 is 1.94. The van der Waals surface area contributed by atoms with Crippen molar-refractivity contribution < 1.29 is 4.79 Å². The Morgan fingerprint density at radius 1 is 1.08 bits per heavy atom. The molecule has 1 unspecified atom stereocenters. The third-order valence-electron chi connectivity index (χ3n) is 4.84. The summed E-state index contributed by atoms with van der Waals surface area (Å²) in [5, 5.41) is 7.71. The van der Waals surface area contributed by atoms with Gasteiger partial charge in [-0.2, -0.15) is 0 Å². The average molecular weight is 372 g/mol. The molecule has 1 saturated heterocycles. The van der Waals surface area contributed by atoms with E-state index in [1.807, 2.05) is 53.1 Å². The molecule has 1 fully saturated rings. The van der Waals surface area contributed by atoms with Gasteiger partial charge in [-0.05, 0) is 43.7 Å². The third kappa shape index (κ3) is 3.45. The summed E-state index contributed by atoms with van der Waals surface area (Å²) >= 11 is 0. The number of nitrogens with zero attached hydrogens (tertiary/aromatic N) is 1. The van der Waals surface area contributed by atoms with Crippen molar-refractivity contribution in [3.63, 3.8) is 0 Å². The van der Waals surface area contributed by atoms with Crippen molar-refractivity contribution in [3.05, 3.63) is 58.8 Å². The number of para-hydroxylation sites is 2. The van der Waals surface area contributed by atoms with Gasteiger partial charge in [0.05, 0.1) is 11.0 Å². The fourth-order valence-corrected chi connectivity index (χ4v) is 3.64. The van der Waals surface area contributed by atoms with Crippen LogP contribution in [-0.4, -0.2) is 29.6 Å². The number of aromatic nitrogens is 1. The van der Waals surface area contributed by atoms with Crippen LogP contribution in [0.1, 0.15) is 12.8 Å². The van der Waals surface area contributed by atoms with Crippen LogP contribution >= 0.6 is 12.4 Å². The maximum absolute atomic E-state index is 12.7. The lowest BCUT2D eigenvalue weighted by Crippen LogP contribution is -2.46. The van der Waals surface area contributed by atoms with Gasteiger partial charge < -0.3 is 15.2 Å². The molecular formula is C20H22ClN3O2. The molecule has 2 aromatic carbocycles. The first-order valence-electron chi connectivity index (χ1n) is 8.74. The van der Waals surface area contributed by atoms with Crippen LogP contribution in [0.5, 0.6) is 0 Å². The molecule has 0 spiro atoms. The molecule has 3 aromatic rings. The van der Waals surface area contributed by atoms with E-state index in [-0.39, 0.29) is 36.3 Å². The Kier molecular flexibility index (Phi) is 5.59. The average Bonchev–Trinajstić information content (AvgIpc) is 2.66. The monoisotopic (exact) mass is 371 g/mol. The maximum atomic E-state index is 12.7. The number of fused-ring (bicyclic) bond motifs is 2. The van der Waals surface area contributed by atoms with Crippen molar-refractivity contribution >= 4 is 40.1 Å². The van der Waals surface area contributed by atoms with Crippen molar-refractivity contribution in [1.82, 2.24) is 15.2 Å². The van der Waals surface area contributed by atoms with Crippen molar-refractivity contribution in [1.29, 1.82) is 0 Å². The Bertz CT molecular complexity index is 933. The van der Waals surface area contributed by atoms with Gasteiger partial charge in [0, 0.05) is 23.4 Å². The molecule has 136 valence electrons. The van der Waals surface area contributed by atoms with E-state index in [1.54, 1.807) is 0 Å². The van der Waals surface area contributed by atoms with Gasteiger partial charge in [-0.15, -0.1) is 12.4 Å². The summed E-state index contributed by atoms with van der Waals surface area (Å²) in [5.41, 5.74) is 1.60. The van der Waals surface area contributed by atoms with E-state index in [4.69, 9.17) is 0 Å². The lowest BCUT2D eigenvalue weighted by atomic mass is 10.1. The van der Waals surface area contributed by atoms with Crippen LogP contribution in [0.4, 0.5) is 0 Å². The molecule has 1 aliphatic heterocycles. The molecule has 2 heterocycles. The molecule has 5 nitrogen and oxygen atoms in total. The maximum Gasteiger partial charge on any atom is 0.240 e. The minimum Gasteiger partial charge on any atom is -0.351 e. The quantitative estimate of drug-likeness (QED) is 0.695. The lowest BCUT2D eigenvalue weighted by molar-refractivity contribution is -0.122. The Morgan fingerprint density at radius 2 is 1.69 bits per heavy atom. The van der Waals surface area contributed by atoms with Gasteiger partial charge in [-0.3, -0.25) is 9.59 Å². The van der Waals surface area contributed by atoms with Crippen LogP contribution in [-0.2, 0) is 11.3 Å². The lowest BCUT2D eigenvalue weighted by Gasteiger charge is -2.24. The molecule has 26 heavy (non-hydrogen) atoms. The smallest absolute Gasteiger partial charge is 0.240 e. The molecule has 0 saturated carbocycles. The largest absolute Gasteiger partial charge is 0.351 e. The fraction of sp³-hybridized carbons (Fsp3) is 0.300. The standard InChI is InChI=1S/C20H21N3O2.ClH/c24-19(22-14-6-5-11-21-12-14)13-23-17-9-3-1-7-15(17)20(25)16-8-2-4-10-18(16)23;/h1-4,7-10,14,21H,5-6,11-13H2,(H,22,24);1H. The second-order valence-electron chi connectivity index (χ2n) is 6.56. The number of hydrogen-bond acceptors (Lipinski definition) is 3. The summed E-state index contributed by atoms with van der Waals surface area (Å²) in [6.45, 7) is 2.04. The number of carbonyl (C=O) groups is 1. The van der Waals surface area contributed by atoms with Crippen LogP contribution < -0.4 is 16.1 Å². The molecule has 6 heteroatoms. The van der Waals surface area contributed by atoms with Gasteiger partial charge in [-0.1, -0.05) is 24.3 Å². The van der Waals surface area contributed by atoms with E-state index in [1.165, 1.54) is 0 Å². The van der Waals surface area contributed by atoms with Gasteiger partial charge >= 0.3 is 0 Å². The molecular weight excluding hydrogens is 350 g/mol. The van der Waals surface area contributed by atoms with Crippen molar-refractivity contribution in [2.24, 2.45) is 0 Å². The van der Waals surface area contributed by atoms with Gasteiger partial charge in [0.25, 0.3) is 0 Å². The van der Waals surface area contributed by atoms with Crippen LogP contribution in [0.2, 0.25) is 0 Å². The molecule has 0 radical (unpaired) electrons. The van der Waals surface area contributed by atoms with Gasteiger partial charge in [0.2, 0.25) is 5.91 Å². The zero-order chi connectivity index (χ0) is 17.2. The zero-order valence-electron chi connectivity index (χ0n) is 14.4. The normalized spacial score (nSPS) is 17.0. The van der Waals surface area contributed by atoms with Crippen molar-refractivity contribution in [3.8, 4) is 0 Å². The van der Waals surface area contributed by atoms with Gasteiger partial charge in [0.1, 0.15) is 6.54 Å². The van der Waals surface area contributed by atoms with E-state index < -0.39 is 0 Å². The van der Waals surface area contributed by atoms with Crippen LogP contribution in [0.15, 0.2) is 53.3 Å².